The van der Waals surface area contributed by atoms with E-state index in [-0.39, 0.29) is 5.91 Å². The van der Waals surface area contributed by atoms with Crippen molar-refractivity contribution in [2.24, 2.45) is 0 Å². The molecule has 0 radical (unpaired) electrons. The first-order chi connectivity index (χ1) is 9.65. The summed E-state index contributed by atoms with van der Waals surface area (Å²) >= 11 is 4.94. The predicted molar refractivity (Wildman–Crippen MR) is 85.8 cm³/mol. The van der Waals surface area contributed by atoms with Crippen molar-refractivity contribution in [3.05, 3.63) is 50.6 Å². The molecular formula is C15H15BrN2OS. The van der Waals surface area contributed by atoms with E-state index in [0.717, 1.165) is 33.4 Å². The first-order valence-corrected chi connectivity index (χ1v) is 8.21. The van der Waals surface area contributed by atoms with Gasteiger partial charge in [0.25, 0.3) is 5.91 Å². The number of nitrogen functional groups attached to an aromatic ring is 1. The Labute approximate surface area is 130 Å². The first kappa shape index (κ1) is 13.6. The highest BCUT2D eigenvalue weighted by atomic mass is 79.9. The summed E-state index contributed by atoms with van der Waals surface area (Å²) in [5.41, 5.74) is 8.51. The lowest BCUT2D eigenvalue weighted by molar-refractivity contribution is 0.0731. The number of hydrogen-bond acceptors (Lipinski definition) is 3. The number of para-hydroxylation sites is 1. The second-order valence-electron chi connectivity index (χ2n) is 5.00. The second-order valence-corrected chi connectivity index (χ2v) is 7.29. The third-order valence-corrected chi connectivity index (χ3v) is 4.96. The van der Waals surface area contributed by atoms with Crippen LogP contribution in [0.3, 0.4) is 0 Å². The summed E-state index contributed by atoms with van der Waals surface area (Å²) in [5.74, 6) is 0.0951. The van der Waals surface area contributed by atoms with Gasteiger partial charge in [-0.1, -0.05) is 18.2 Å². The number of benzene rings is 1. The Bertz CT molecular complexity index is 636. The summed E-state index contributed by atoms with van der Waals surface area (Å²) < 4.78 is 0.982. The number of nitrogens with zero attached hydrogens (tertiary/aromatic N) is 1. The molecule has 1 aliphatic carbocycles. The number of anilines is 1. The van der Waals surface area contributed by atoms with Crippen LogP contribution in [0.4, 0.5) is 5.69 Å². The van der Waals surface area contributed by atoms with Crippen LogP contribution in [0.15, 0.2) is 39.5 Å². The fourth-order valence-electron chi connectivity index (χ4n) is 2.20. The number of hydrogen-bond donors (Lipinski definition) is 1. The Morgan fingerprint density at radius 1 is 1.40 bits per heavy atom. The van der Waals surface area contributed by atoms with Crippen LogP contribution in [0.5, 0.6) is 0 Å². The summed E-state index contributed by atoms with van der Waals surface area (Å²) in [6, 6.07) is 9.99. The van der Waals surface area contributed by atoms with E-state index in [1.54, 1.807) is 0 Å². The molecule has 0 atom stereocenters. The number of halogens is 1. The molecule has 1 saturated carbocycles. The molecule has 2 N–H and O–H groups in total. The molecule has 1 aromatic heterocycles. The molecule has 0 unspecified atom stereocenters. The summed E-state index contributed by atoms with van der Waals surface area (Å²) in [6.07, 6.45) is 2.17. The smallest absolute Gasteiger partial charge is 0.255 e. The van der Waals surface area contributed by atoms with Gasteiger partial charge in [-0.3, -0.25) is 4.79 Å². The monoisotopic (exact) mass is 350 g/mol. The number of thiophene rings is 1. The zero-order valence-electron chi connectivity index (χ0n) is 10.9. The summed E-state index contributed by atoms with van der Waals surface area (Å²) in [6.45, 7) is 0.587. The van der Waals surface area contributed by atoms with Crippen LogP contribution < -0.4 is 5.73 Å². The van der Waals surface area contributed by atoms with Gasteiger partial charge in [-0.25, -0.2) is 0 Å². The summed E-state index contributed by atoms with van der Waals surface area (Å²) in [4.78, 5) is 14.6. The van der Waals surface area contributed by atoms with Crippen LogP contribution in [0.25, 0.3) is 0 Å². The highest BCUT2D eigenvalue weighted by Crippen LogP contribution is 2.32. The van der Waals surface area contributed by atoms with E-state index in [9.17, 15) is 4.79 Å². The maximum Gasteiger partial charge on any atom is 0.255 e. The minimum atomic E-state index is 0.0951. The van der Waals surface area contributed by atoms with Crippen LogP contribution in [-0.4, -0.2) is 16.8 Å². The van der Waals surface area contributed by atoms with Crippen molar-refractivity contribution in [1.82, 2.24) is 4.90 Å². The molecule has 2 aromatic rings. The maximum absolute atomic E-state index is 12.6. The average Bonchev–Trinajstić information content (AvgIpc) is 3.18. The molecule has 1 aliphatic rings. The molecule has 0 bridgehead atoms. The zero-order chi connectivity index (χ0) is 14.1. The average molecular weight is 351 g/mol. The minimum absolute atomic E-state index is 0.0951. The Morgan fingerprint density at radius 2 is 2.15 bits per heavy atom. The molecule has 1 amide bonds. The van der Waals surface area contributed by atoms with Crippen molar-refractivity contribution in [2.45, 2.75) is 25.4 Å². The van der Waals surface area contributed by atoms with Crippen LogP contribution in [0.1, 0.15) is 28.8 Å². The summed E-state index contributed by atoms with van der Waals surface area (Å²) in [5, 5.41) is 1.90. The van der Waals surface area contributed by atoms with Gasteiger partial charge in [0.15, 0.2) is 0 Å². The van der Waals surface area contributed by atoms with E-state index in [1.807, 2.05) is 40.6 Å². The Balaban J connectivity index is 1.83. The van der Waals surface area contributed by atoms with Gasteiger partial charge in [0.05, 0.1) is 9.35 Å². The van der Waals surface area contributed by atoms with Gasteiger partial charge in [0, 0.05) is 23.7 Å². The number of carbonyl (C=O) groups is 1. The molecule has 104 valence electrons. The third-order valence-electron chi connectivity index (χ3n) is 3.46. The lowest BCUT2D eigenvalue weighted by Crippen LogP contribution is -2.32. The fraction of sp³-hybridized carbons (Fsp3) is 0.267. The van der Waals surface area contributed by atoms with Gasteiger partial charge < -0.3 is 10.6 Å². The Morgan fingerprint density at radius 3 is 2.75 bits per heavy atom. The van der Waals surface area contributed by atoms with Gasteiger partial charge in [-0.2, -0.15) is 0 Å². The van der Waals surface area contributed by atoms with Crippen LogP contribution >= 0.6 is 27.3 Å². The summed E-state index contributed by atoms with van der Waals surface area (Å²) in [7, 11) is 0. The molecule has 1 aromatic carbocycles. The van der Waals surface area contributed by atoms with E-state index in [2.05, 4.69) is 15.9 Å². The van der Waals surface area contributed by atoms with E-state index in [1.165, 1.54) is 11.3 Å². The molecule has 3 nitrogen and oxygen atoms in total. The molecule has 0 saturated heterocycles. The van der Waals surface area contributed by atoms with Crippen molar-refractivity contribution < 1.29 is 4.79 Å². The Hall–Kier alpha value is -1.33. The highest BCUT2D eigenvalue weighted by molar-refractivity contribution is 9.11. The van der Waals surface area contributed by atoms with Crippen molar-refractivity contribution in [3.8, 4) is 0 Å². The molecule has 3 rings (SSSR count). The fourth-order valence-corrected chi connectivity index (χ4v) is 3.33. The molecule has 5 heteroatoms. The van der Waals surface area contributed by atoms with E-state index in [4.69, 9.17) is 5.73 Å². The maximum atomic E-state index is 12.6. The van der Waals surface area contributed by atoms with Crippen LogP contribution in [0.2, 0.25) is 0 Å². The Kier molecular flexibility index (Phi) is 3.81. The largest absolute Gasteiger partial charge is 0.398 e. The quantitative estimate of drug-likeness (QED) is 0.850. The molecule has 0 aliphatic heterocycles. The topological polar surface area (TPSA) is 46.3 Å². The van der Waals surface area contributed by atoms with Crippen LogP contribution in [0, 0.1) is 0 Å². The number of carbonyl (C=O) groups excluding carboxylic acids is 1. The highest BCUT2D eigenvalue weighted by Gasteiger charge is 2.33. The normalized spacial score (nSPS) is 14.2. The van der Waals surface area contributed by atoms with Gasteiger partial charge in [-0.05, 0) is 46.5 Å². The van der Waals surface area contributed by atoms with Gasteiger partial charge in [-0.15, -0.1) is 11.3 Å². The number of nitrogens with two attached hydrogens (primary N) is 1. The minimum Gasteiger partial charge on any atom is -0.398 e. The first-order valence-electron chi connectivity index (χ1n) is 6.53. The standard InChI is InChI=1S/C15H15BrN2OS/c16-14-7-11(9-20-14)15(19)18(12-5-6-12)8-10-3-1-2-4-13(10)17/h1-4,7,9,12H,5-6,8,17H2. The molecule has 1 heterocycles. The van der Waals surface area contributed by atoms with Crippen molar-refractivity contribution in [3.63, 3.8) is 0 Å². The van der Waals surface area contributed by atoms with E-state index in [0.29, 0.717) is 12.6 Å². The van der Waals surface area contributed by atoms with Gasteiger partial charge in [0.2, 0.25) is 0 Å². The van der Waals surface area contributed by atoms with Crippen molar-refractivity contribution in [2.75, 3.05) is 5.73 Å². The van der Waals surface area contributed by atoms with E-state index < -0.39 is 0 Å². The third kappa shape index (κ3) is 2.88. The van der Waals surface area contributed by atoms with Crippen molar-refractivity contribution in [1.29, 1.82) is 0 Å². The molecular weight excluding hydrogens is 336 g/mol. The number of rotatable bonds is 4. The van der Waals surface area contributed by atoms with Gasteiger partial charge >= 0.3 is 0 Å². The lowest BCUT2D eigenvalue weighted by atomic mass is 10.1. The van der Waals surface area contributed by atoms with Gasteiger partial charge in [0.1, 0.15) is 0 Å². The second kappa shape index (κ2) is 5.58. The van der Waals surface area contributed by atoms with Crippen molar-refractivity contribution >= 4 is 38.9 Å². The molecule has 1 fully saturated rings. The molecule has 0 spiro atoms. The molecule has 20 heavy (non-hydrogen) atoms. The lowest BCUT2D eigenvalue weighted by Gasteiger charge is -2.23. The van der Waals surface area contributed by atoms with Crippen LogP contribution in [-0.2, 0) is 6.54 Å². The number of amides is 1. The zero-order valence-corrected chi connectivity index (χ0v) is 13.3. The predicted octanol–water partition coefficient (Wildman–Crippen LogP) is 3.90. The SMILES string of the molecule is Nc1ccccc1CN(C(=O)c1csc(Br)c1)C1CC1. The van der Waals surface area contributed by atoms with E-state index >= 15 is 0 Å².